The van der Waals surface area contributed by atoms with Crippen LogP contribution in [0.2, 0.25) is 0 Å². The van der Waals surface area contributed by atoms with E-state index in [1.807, 2.05) is 4.57 Å². The molecule has 0 radical (unpaired) electrons. The van der Waals surface area contributed by atoms with Crippen LogP contribution in [0.5, 0.6) is 0 Å². The first kappa shape index (κ1) is 21.5. The van der Waals surface area contributed by atoms with Crippen molar-refractivity contribution < 1.29 is 18.7 Å². The molecule has 0 bridgehead atoms. The van der Waals surface area contributed by atoms with E-state index in [4.69, 9.17) is 4.74 Å². The number of imidazole rings is 1. The van der Waals surface area contributed by atoms with E-state index in [0.717, 1.165) is 11.3 Å². The third-order valence-electron chi connectivity index (χ3n) is 6.01. The van der Waals surface area contributed by atoms with Gasteiger partial charge in [0.1, 0.15) is 11.9 Å². The number of likely N-dealkylation sites (tertiary alicyclic amines) is 1. The fourth-order valence-electron chi connectivity index (χ4n) is 4.13. The van der Waals surface area contributed by atoms with Crippen LogP contribution in [0.4, 0.5) is 4.39 Å². The minimum Gasteiger partial charge on any atom is -0.365 e. The number of rotatable bonds is 5. The number of benzene rings is 1. The number of fused-ring (bicyclic) bond motifs is 1. The largest absolute Gasteiger partial charge is 0.365 e. The molecule has 0 aliphatic carbocycles. The fourth-order valence-corrected chi connectivity index (χ4v) is 4.13. The molecule has 0 saturated carbocycles. The number of halogens is 1. The van der Waals surface area contributed by atoms with Gasteiger partial charge in [0.15, 0.2) is 5.69 Å². The van der Waals surface area contributed by atoms with Crippen molar-refractivity contribution in [3.05, 3.63) is 53.4 Å². The first-order chi connectivity index (χ1) is 14.9. The second kappa shape index (κ2) is 9.18. The summed E-state index contributed by atoms with van der Waals surface area (Å²) in [5, 5.41) is 2.99. The van der Waals surface area contributed by atoms with Gasteiger partial charge in [0.2, 0.25) is 5.91 Å². The molecule has 4 rings (SSSR count). The molecule has 0 spiro atoms. The van der Waals surface area contributed by atoms with Gasteiger partial charge in [0.25, 0.3) is 5.91 Å². The smallest absolute Gasteiger partial charge is 0.274 e. The molecule has 2 aliphatic rings. The number of hydrogen-bond donors (Lipinski definition) is 1. The lowest BCUT2D eigenvalue weighted by atomic mass is 9.95. The number of nitrogens with one attached hydrogen (secondary N) is 1. The van der Waals surface area contributed by atoms with Gasteiger partial charge in [-0.25, -0.2) is 9.37 Å². The standard InChI is InChI=1S/C23H29FN4O3/c1-15(2)11-25-22(29)17-7-9-27(10-8-17)23(30)21-19-13-31-20(12-28(19)14-26-21)16-3-5-18(24)6-4-16/h3-6,14-15,17,20H,7-13H2,1-2H3,(H,25,29)/t20-/m0/s1. The fraction of sp³-hybridized carbons (Fsp3) is 0.522. The lowest BCUT2D eigenvalue weighted by Gasteiger charge is -2.31. The van der Waals surface area contributed by atoms with Crippen LogP contribution in [-0.4, -0.2) is 45.9 Å². The van der Waals surface area contributed by atoms with Gasteiger partial charge in [-0.15, -0.1) is 0 Å². The summed E-state index contributed by atoms with van der Waals surface area (Å²) in [6, 6.07) is 6.28. The molecule has 1 aromatic carbocycles. The maximum absolute atomic E-state index is 13.2. The van der Waals surface area contributed by atoms with E-state index >= 15 is 0 Å². The summed E-state index contributed by atoms with van der Waals surface area (Å²) >= 11 is 0. The zero-order valence-electron chi connectivity index (χ0n) is 18.0. The molecule has 2 aliphatic heterocycles. The summed E-state index contributed by atoms with van der Waals surface area (Å²) in [6.45, 7) is 6.71. The Kier molecular flexibility index (Phi) is 6.36. The summed E-state index contributed by atoms with van der Waals surface area (Å²) < 4.78 is 21.1. The van der Waals surface area contributed by atoms with E-state index in [-0.39, 0.29) is 36.3 Å². The maximum atomic E-state index is 13.2. The predicted molar refractivity (Wildman–Crippen MR) is 113 cm³/mol. The Balaban J connectivity index is 1.36. The Hall–Kier alpha value is -2.74. The second-order valence-corrected chi connectivity index (χ2v) is 8.75. The van der Waals surface area contributed by atoms with Crippen LogP contribution in [0.15, 0.2) is 30.6 Å². The van der Waals surface area contributed by atoms with E-state index < -0.39 is 0 Å². The van der Waals surface area contributed by atoms with Crippen LogP contribution in [0, 0.1) is 17.7 Å². The number of hydrogen-bond acceptors (Lipinski definition) is 4. The Bertz CT molecular complexity index is 933. The van der Waals surface area contributed by atoms with Crippen LogP contribution in [0.1, 0.15) is 54.5 Å². The second-order valence-electron chi connectivity index (χ2n) is 8.75. The van der Waals surface area contributed by atoms with Crippen LogP contribution in [0.25, 0.3) is 0 Å². The molecule has 8 heteroatoms. The van der Waals surface area contributed by atoms with Crippen molar-refractivity contribution >= 4 is 11.8 Å². The topological polar surface area (TPSA) is 76.5 Å². The molecule has 1 fully saturated rings. The molecular formula is C23H29FN4O3. The highest BCUT2D eigenvalue weighted by Gasteiger charge is 2.32. The number of carbonyl (C=O) groups is 2. The van der Waals surface area contributed by atoms with E-state index in [1.165, 1.54) is 12.1 Å². The van der Waals surface area contributed by atoms with Crippen molar-refractivity contribution in [2.45, 2.75) is 45.9 Å². The first-order valence-corrected chi connectivity index (χ1v) is 10.9. The van der Waals surface area contributed by atoms with Gasteiger partial charge in [-0.1, -0.05) is 26.0 Å². The molecule has 1 saturated heterocycles. The lowest BCUT2D eigenvalue weighted by Crippen LogP contribution is -2.44. The average molecular weight is 429 g/mol. The Morgan fingerprint density at radius 1 is 1.23 bits per heavy atom. The van der Waals surface area contributed by atoms with Gasteiger partial charge in [-0.2, -0.15) is 0 Å². The molecule has 0 unspecified atom stereocenters. The van der Waals surface area contributed by atoms with Crippen molar-refractivity contribution in [2.75, 3.05) is 19.6 Å². The molecule has 1 aromatic heterocycles. The van der Waals surface area contributed by atoms with Gasteiger partial charge in [0, 0.05) is 25.6 Å². The highest BCUT2D eigenvalue weighted by Crippen LogP contribution is 2.29. The molecule has 3 heterocycles. The number of carbonyl (C=O) groups excluding carboxylic acids is 2. The Labute approximate surface area is 181 Å². The van der Waals surface area contributed by atoms with Gasteiger partial charge in [0.05, 0.1) is 25.2 Å². The minimum atomic E-state index is -0.281. The summed E-state index contributed by atoms with van der Waals surface area (Å²) in [4.78, 5) is 31.5. The number of amides is 2. The monoisotopic (exact) mass is 428 g/mol. The van der Waals surface area contributed by atoms with Gasteiger partial charge in [-0.3, -0.25) is 9.59 Å². The van der Waals surface area contributed by atoms with Gasteiger partial charge in [-0.05, 0) is 36.5 Å². The molecule has 31 heavy (non-hydrogen) atoms. The van der Waals surface area contributed by atoms with Crippen molar-refractivity contribution in [3.8, 4) is 0 Å². The summed E-state index contributed by atoms with van der Waals surface area (Å²) in [6.07, 6.45) is 2.79. The maximum Gasteiger partial charge on any atom is 0.274 e. The quantitative estimate of drug-likeness (QED) is 0.795. The number of aromatic nitrogens is 2. The van der Waals surface area contributed by atoms with Crippen molar-refractivity contribution in [3.63, 3.8) is 0 Å². The molecule has 1 N–H and O–H groups in total. The van der Waals surface area contributed by atoms with Crippen molar-refractivity contribution in [1.82, 2.24) is 19.8 Å². The zero-order chi connectivity index (χ0) is 22.0. The summed E-state index contributed by atoms with van der Waals surface area (Å²) in [5.41, 5.74) is 2.08. The summed E-state index contributed by atoms with van der Waals surface area (Å²) in [7, 11) is 0. The third-order valence-corrected chi connectivity index (χ3v) is 6.01. The van der Waals surface area contributed by atoms with Crippen LogP contribution in [0.3, 0.4) is 0 Å². The Morgan fingerprint density at radius 2 is 1.94 bits per heavy atom. The average Bonchev–Trinajstić information content (AvgIpc) is 3.21. The highest BCUT2D eigenvalue weighted by molar-refractivity contribution is 5.93. The zero-order valence-corrected chi connectivity index (χ0v) is 18.0. The van der Waals surface area contributed by atoms with E-state index in [0.29, 0.717) is 50.6 Å². The van der Waals surface area contributed by atoms with Crippen LogP contribution < -0.4 is 5.32 Å². The first-order valence-electron chi connectivity index (χ1n) is 10.9. The number of piperidine rings is 1. The summed E-state index contributed by atoms with van der Waals surface area (Å²) in [5.74, 6) is 0.0667. The van der Waals surface area contributed by atoms with Crippen molar-refractivity contribution in [1.29, 1.82) is 0 Å². The van der Waals surface area contributed by atoms with Crippen molar-refractivity contribution in [2.24, 2.45) is 11.8 Å². The van der Waals surface area contributed by atoms with Gasteiger partial charge < -0.3 is 19.5 Å². The number of ether oxygens (including phenoxy) is 1. The minimum absolute atomic E-state index is 0.0430. The Morgan fingerprint density at radius 3 is 2.61 bits per heavy atom. The highest BCUT2D eigenvalue weighted by atomic mass is 19.1. The molecule has 7 nitrogen and oxygen atoms in total. The van der Waals surface area contributed by atoms with Gasteiger partial charge >= 0.3 is 0 Å². The van der Waals surface area contributed by atoms with Crippen LogP contribution in [-0.2, 0) is 22.7 Å². The molecule has 166 valence electrons. The van der Waals surface area contributed by atoms with E-state index in [9.17, 15) is 14.0 Å². The SMILES string of the molecule is CC(C)CNC(=O)C1CCN(C(=O)c2ncn3c2CO[C@H](c2ccc(F)cc2)C3)CC1. The molecule has 1 atom stereocenters. The van der Waals surface area contributed by atoms with E-state index in [1.54, 1.807) is 23.4 Å². The third kappa shape index (κ3) is 4.79. The van der Waals surface area contributed by atoms with Crippen LogP contribution >= 0.6 is 0 Å². The molecule has 2 amide bonds. The molecule has 2 aromatic rings. The number of nitrogens with zero attached hydrogens (tertiary/aromatic N) is 3. The van der Waals surface area contributed by atoms with E-state index in [2.05, 4.69) is 24.1 Å². The molecular weight excluding hydrogens is 399 g/mol. The lowest BCUT2D eigenvalue weighted by molar-refractivity contribution is -0.126. The normalized spacial score (nSPS) is 19.4. The predicted octanol–water partition coefficient (Wildman–Crippen LogP) is 2.92.